The minimum atomic E-state index is -0.0685. The molecule has 0 aliphatic heterocycles. The van der Waals surface area contributed by atoms with Crippen molar-refractivity contribution in [2.24, 2.45) is 0 Å². The maximum Gasteiger partial charge on any atom is 0.251 e. The second-order valence-corrected chi connectivity index (χ2v) is 5.49. The minimum absolute atomic E-state index is 0.0685. The molecule has 1 aliphatic rings. The summed E-state index contributed by atoms with van der Waals surface area (Å²) in [4.78, 5) is 15.9. The molecule has 5 heteroatoms. The smallest absolute Gasteiger partial charge is 0.251 e. The van der Waals surface area contributed by atoms with Gasteiger partial charge in [0, 0.05) is 30.5 Å². The van der Waals surface area contributed by atoms with Gasteiger partial charge in [0.25, 0.3) is 5.91 Å². The quantitative estimate of drug-likeness (QED) is 0.887. The number of rotatable bonds is 5. The first-order valence-corrected chi connectivity index (χ1v) is 7.26. The van der Waals surface area contributed by atoms with Crippen LogP contribution in [0.2, 0.25) is 0 Å². The molecule has 0 saturated heterocycles. The predicted molar refractivity (Wildman–Crippen MR) is 82.4 cm³/mol. The number of hydrogen-bond donors (Lipinski definition) is 2. The van der Waals surface area contributed by atoms with Gasteiger partial charge in [0.1, 0.15) is 0 Å². The molecule has 2 N–H and O–H groups in total. The maximum absolute atomic E-state index is 11.7. The molecular weight excluding hydrogens is 264 g/mol. The number of amides is 1. The second-order valence-electron chi connectivity index (χ2n) is 5.49. The highest BCUT2D eigenvalue weighted by atomic mass is 16.1. The molecular formula is C16H20N4O. The van der Waals surface area contributed by atoms with Gasteiger partial charge in [-0.15, -0.1) is 0 Å². The van der Waals surface area contributed by atoms with E-state index < -0.39 is 0 Å². The number of nitrogens with one attached hydrogen (secondary N) is 2. The van der Waals surface area contributed by atoms with Crippen LogP contribution >= 0.6 is 0 Å². The number of aromatic nitrogens is 2. The van der Waals surface area contributed by atoms with E-state index in [0.29, 0.717) is 18.2 Å². The van der Waals surface area contributed by atoms with Crippen LogP contribution in [-0.4, -0.2) is 22.5 Å². The van der Waals surface area contributed by atoms with Crippen molar-refractivity contribution < 1.29 is 4.79 Å². The van der Waals surface area contributed by atoms with Crippen LogP contribution in [-0.2, 0) is 6.54 Å². The lowest BCUT2D eigenvalue weighted by atomic mass is 10.1. The zero-order valence-electron chi connectivity index (χ0n) is 12.4. The normalized spacial score (nSPS) is 14.0. The second kappa shape index (κ2) is 5.60. The standard InChI is InChI=1S/C16H20N4O/c1-11-3-4-12(16(21)17-2)7-15(11)19-9-14-8-18-10-20(14)13-5-6-13/h3-4,7-8,10,13,19H,5-6,9H2,1-2H3,(H,17,21). The number of hydrogen-bond acceptors (Lipinski definition) is 3. The molecule has 0 unspecified atom stereocenters. The third-order valence-corrected chi connectivity index (χ3v) is 3.87. The Balaban J connectivity index is 1.75. The van der Waals surface area contributed by atoms with E-state index >= 15 is 0 Å². The molecule has 1 fully saturated rings. The van der Waals surface area contributed by atoms with Gasteiger partial charge in [0.2, 0.25) is 0 Å². The predicted octanol–water partition coefficient (Wildman–Crippen LogP) is 2.50. The van der Waals surface area contributed by atoms with Crippen LogP contribution < -0.4 is 10.6 Å². The minimum Gasteiger partial charge on any atom is -0.379 e. The van der Waals surface area contributed by atoms with Crippen LogP contribution in [0.5, 0.6) is 0 Å². The van der Waals surface area contributed by atoms with Crippen LogP contribution in [0.15, 0.2) is 30.7 Å². The van der Waals surface area contributed by atoms with E-state index in [-0.39, 0.29) is 5.91 Å². The summed E-state index contributed by atoms with van der Waals surface area (Å²) in [6.07, 6.45) is 6.30. The van der Waals surface area contributed by atoms with Gasteiger partial charge in [-0.25, -0.2) is 4.98 Å². The molecule has 1 aliphatic carbocycles. The van der Waals surface area contributed by atoms with Crippen LogP contribution in [0.1, 0.15) is 40.5 Å². The Hall–Kier alpha value is -2.30. The summed E-state index contributed by atoms with van der Waals surface area (Å²) in [5.41, 5.74) is 3.96. The highest BCUT2D eigenvalue weighted by Crippen LogP contribution is 2.35. The van der Waals surface area contributed by atoms with E-state index in [0.717, 1.165) is 11.3 Å². The monoisotopic (exact) mass is 284 g/mol. The topological polar surface area (TPSA) is 59.0 Å². The summed E-state index contributed by atoms with van der Waals surface area (Å²) >= 11 is 0. The van der Waals surface area contributed by atoms with Crippen LogP contribution in [0.25, 0.3) is 0 Å². The Kier molecular flexibility index (Phi) is 3.64. The van der Waals surface area contributed by atoms with Crippen molar-refractivity contribution in [2.45, 2.75) is 32.4 Å². The SMILES string of the molecule is CNC(=O)c1ccc(C)c(NCc2cncn2C2CC2)c1. The third-order valence-electron chi connectivity index (χ3n) is 3.87. The van der Waals surface area contributed by atoms with Crippen molar-refractivity contribution in [2.75, 3.05) is 12.4 Å². The van der Waals surface area contributed by atoms with E-state index in [1.165, 1.54) is 18.5 Å². The van der Waals surface area contributed by atoms with Crippen LogP contribution in [0.3, 0.4) is 0 Å². The zero-order chi connectivity index (χ0) is 14.8. The summed E-state index contributed by atoms with van der Waals surface area (Å²) < 4.78 is 2.24. The van der Waals surface area contributed by atoms with Crippen molar-refractivity contribution in [1.82, 2.24) is 14.9 Å². The zero-order valence-corrected chi connectivity index (χ0v) is 12.4. The lowest BCUT2D eigenvalue weighted by Crippen LogP contribution is -2.18. The van der Waals surface area contributed by atoms with E-state index in [4.69, 9.17) is 0 Å². The van der Waals surface area contributed by atoms with Gasteiger partial charge in [0.05, 0.1) is 18.6 Å². The molecule has 1 saturated carbocycles. The Morgan fingerprint density at radius 2 is 2.24 bits per heavy atom. The van der Waals surface area contributed by atoms with Crippen molar-refractivity contribution >= 4 is 11.6 Å². The molecule has 110 valence electrons. The van der Waals surface area contributed by atoms with Crippen molar-refractivity contribution in [3.05, 3.63) is 47.5 Å². The van der Waals surface area contributed by atoms with Gasteiger partial charge < -0.3 is 15.2 Å². The lowest BCUT2D eigenvalue weighted by Gasteiger charge is -2.12. The fourth-order valence-corrected chi connectivity index (χ4v) is 2.43. The van der Waals surface area contributed by atoms with E-state index in [1.807, 2.05) is 37.6 Å². The van der Waals surface area contributed by atoms with Crippen LogP contribution in [0.4, 0.5) is 5.69 Å². The van der Waals surface area contributed by atoms with Gasteiger partial charge in [-0.05, 0) is 37.5 Å². The fourth-order valence-electron chi connectivity index (χ4n) is 2.43. The summed E-state index contributed by atoms with van der Waals surface area (Å²) in [6, 6.07) is 6.33. The van der Waals surface area contributed by atoms with Crippen molar-refractivity contribution in [3.63, 3.8) is 0 Å². The number of benzene rings is 1. The number of nitrogens with zero attached hydrogens (tertiary/aromatic N) is 2. The summed E-state index contributed by atoms with van der Waals surface area (Å²) in [7, 11) is 1.64. The molecule has 2 aromatic rings. The largest absolute Gasteiger partial charge is 0.379 e. The van der Waals surface area contributed by atoms with Crippen molar-refractivity contribution in [1.29, 1.82) is 0 Å². The molecule has 5 nitrogen and oxygen atoms in total. The first-order chi connectivity index (χ1) is 10.2. The average molecular weight is 284 g/mol. The average Bonchev–Trinajstić information content (AvgIpc) is 3.24. The number of imidazole rings is 1. The Labute approximate surface area is 124 Å². The lowest BCUT2D eigenvalue weighted by molar-refractivity contribution is 0.0963. The van der Waals surface area contributed by atoms with Crippen LogP contribution in [0, 0.1) is 6.92 Å². The highest BCUT2D eigenvalue weighted by Gasteiger charge is 2.25. The molecule has 0 spiro atoms. The molecule has 0 radical (unpaired) electrons. The molecule has 0 bridgehead atoms. The van der Waals surface area contributed by atoms with E-state index in [9.17, 15) is 4.79 Å². The molecule has 1 amide bonds. The van der Waals surface area contributed by atoms with Gasteiger partial charge >= 0.3 is 0 Å². The molecule has 21 heavy (non-hydrogen) atoms. The number of aryl methyl sites for hydroxylation is 1. The molecule has 1 aromatic heterocycles. The first-order valence-electron chi connectivity index (χ1n) is 7.26. The van der Waals surface area contributed by atoms with Gasteiger partial charge in [0.15, 0.2) is 0 Å². The van der Waals surface area contributed by atoms with Gasteiger partial charge in [-0.2, -0.15) is 0 Å². The van der Waals surface area contributed by atoms with E-state index in [2.05, 4.69) is 20.2 Å². The molecule has 1 heterocycles. The van der Waals surface area contributed by atoms with Gasteiger partial charge in [-0.3, -0.25) is 4.79 Å². The number of carbonyl (C=O) groups excluding carboxylic acids is 1. The van der Waals surface area contributed by atoms with Crippen molar-refractivity contribution in [3.8, 4) is 0 Å². The summed E-state index contributed by atoms with van der Waals surface area (Å²) in [6.45, 7) is 2.75. The van der Waals surface area contributed by atoms with Gasteiger partial charge in [-0.1, -0.05) is 6.07 Å². The molecule has 1 aromatic carbocycles. The highest BCUT2D eigenvalue weighted by molar-refractivity contribution is 5.95. The maximum atomic E-state index is 11.7. The third kappa shape index (κ3) is 2.91. The summed E-state index contributed by atoms with van der Waals surface area (Å²) in [5, 5.41) is 6.07. The van der Waals surface area contributed by atoms with E-state index in [1.54, 1.807) is 7.05 Å². The number of anilines is 1. The summed E-state index contributed by atoms with van der Waals surface area (Å²) in [5.74, 6) is -0.0685. The Bertz CT molecular complexity index is 658. The number of carbonyl (C=O) groups is 1. The molecule has 3 rings (SSSR count). The first kappa shape index (κ1) is 13.7. The fraction of sp³-hybridized carbons (Fsp3) is 0.375. The Morgan fingerprint density at radius 1 is 1.43 bits per heavy atom. The molecule has 0 atom stereocenters. The Morgan fingerprint density at radius 3 is 2.95 bits per heavy atom.